The second-order valence-corrected chi connectivity index (χ2v) is 6.06. The molecule has 0 radical (unpaired) electrons. The molecule has 0 aromatic heterocycles. The van der Waals surface area contributed by atoms with Crippen molar-refractivity contribution in [3.8, 4) is 5.75 Å². The summed E-state index contributed by atoms with van der Waals surface area (Å²) in [5.74, 6) is 0.414. The largest absolute Gasteiger partial charge is 0.489 e. The van der Waals surface area contributed by atoms with E-state index in [1.807, 2.05) is 42.5 Å². The molecule has 3 rings (SSSR count). The van der Waals surface area contributed by atoms with E-state index in [9.17, 15) is 9.90 Å². The molecular weight excluding hydrogens is 326 g/mol. The molecular formula is C22H21NO3. The molecule has 0 aliphatic heterocycles. The van der Waals surface area contributed by atoms with Crippen molar-refractivity contribution in [2.75, 3.05) is 5.32 Å². The van der Waals surface area contributed by atoms with Crippen LogP contribution in [-0.2, 0) is 6.61 Å². The third-order valence-corrected chi connectivity index (χ3v) is 3.97. The molecule has 26 heavy (non-hydrogen) atoms. The molecule has 2 N–H and O–H groups in total. The Bertz CT molecular complexity index is 875. The van der Waals surface area contributed by atoms with Gasteiger partial charge in [0.1, 0.15) is 12.4 Å². The highest BCUT2D eigenvalue weighted by Crippen LogP contribution is 2.19. The molecule has 1 unspecified atom stereocenters. The SMILES string of the molecule is CC(O)c1cccc(NC(=O)c2cccc(OCc3ccccc3)c2)c1. The highest BCUT2D eigenvalue weighted by Gasteiger charge is 2.09. The second kappa shape index (κ2) is 8.32. The van der Waals surface area contributed by atoms with Crippen LogP contribution in [0, 0.1) is 0 Å². The summed E-state index contributed by atoms with van der Waals surface area (Å²) in [6.07, 6.45) is -0.582. The van der Waals surface area contributed by atoms with E-state index in [1.165, 1.54) is 0 Å². The van der Waals surface area contributed by atoms with Crippen molar-refractivity contribution in [2.24, 2.45) is 0 Å². The van der Waals surface area contributed by atoms with E-state index in [1.54, 1.807) is 43.3 Å². The van der Waals surface area contributed by atoms with Crippen LogP contribution in [0.4, 0.5) is 5.69 Å². The van der Waals surface area contributed by atoms with Crippen molar-refractivity contribution >= 4 is 11.6 Å². The minimum Gasteiger partial charge on any atom is -0.489 e. The van der Waals surface area contributed by atoms with Crippen LogP contribution in [0.2, 0.25) is 0 Å². The van der Waals surface area contributed by atoms with Gasteiger partial charge in [-0.25, -0.2) is 0 Å². The molecule has 4 heteroatoms. The standard InChI is InChI=1S/C22H21NO3/c1-16(24)18-9-5-11-20(13-18)23-22(25)19-10-6-12-21(14-19)26-15-17-7-3-2-4-8-17/h2-14,16,24H,15H2,1H3,(H,23,25). The average Bonchev–Trinajstić information content (AvgIpc) is 2.67. The molecule has 1 amide bonds. The van der Waals surface area contributed by atoms with Gasteiger partial charge in [0.2, 0.25) is 0 Å². The Balaban J connectivity index is 1.67. The van der Waals surface area contributed by atoms with Crippen LogP contribution in [0.3, 0.4) is 0 Å². The molecule has 132 valence electrons. The Morgan fingerprint density at radius 1 is 1.00 bits per heavy atom. The zero-order valence-corrected chi connectivity index (χ0v) is 14.6. The first-order chi connectivity index (χ1) is 12.6. The van der Waals surface area contributed by atoms with Gasteiger partial charge >= 0.3 is 0 Å². The van der Waals surface area contributed by atoms with Crippen molar-refractivity contribution in [1.82, 2.24) is 0 Å². The topological polar surface area (TPSA) is 58.6 Å². The molecule has 0 spiro atoms. The molecule has 0 saturated heterocycles. The summed E-state index contributed by atoms with van der Waals surface area (Å²) in [5, 5.41) is 12.5. The molecule has 0 aliphatic carbocycles. The number of ether oxygens (including phenoxy) is 1. The number of amides is 1. The van der Waals surface area contributed by atoms with Gasteiger partial charge in [0, 0.05) is 11.3 Å². The highest BCUT2D eigenvalue weighted by atomic mass is 16.5. The fourth-order valence-corrected chi connectivity index (χ4v) is 2.55. The van der Waals surface area contributed by atoms with E-state index in [0.29, 0.717) is 23.6 Å². The van der Waals surface area contributed by atoms with Crippen LogP contribution in [0.1, 0.15) is 34.5 Å². The maximum absolute atomic E-state index is 12.5. The van der Waals surface area contributed by atoms with Gasteiger partial charge in [0.25, 0.3) is 5.91 Å². The molecule has 0 bridgehead atoms. The summed E-state index contributed by atoms with van der Waals surface area (Å²) in [4.78, 5) is 12.5. The van der Waals surface area contributed by atoms with Gasteiger partial charge in [-0.05, 0) is 48.4 Å². The lowest BCUT2D eigenvalue weighted by Crippen LogP contribution is -2.12. The van der Waals surface area contributed by atoms with Crippen LogP contribution < -0.4 is 10.1 Å². The number of aliphatic hydroxyl groups excluding tert-OH is 1. The predicted molar refractivity (Wildman–Crippen MR) is 102 cm³/mol. The van der Waals surface area contributed by atoms with Crippen LogP contribution in [0.5, 0.6) is 5.75 Å². The first-order valence-corrected chi connectivity index (χ1v) is 8.48. The number of benzene rings is 3. The average molecular weight is 347 g/mol. The van der Waals surface area contributed by atoms with E-state index in [4.69, 9.17) is 4.74 Å². The van der Waals surface area contributed by atoms with E-state index in [-0.39, 0.29) is 5.91 Å². The molecule has 0 saturated carbocycles. The van der Waals surface area contributed by atoms with Crippen molar-refractivity contribution in [3.63, 3.8) is 0 Å². The van der Waals surface area contributed by atoms with E-state index in [0.717, 1.165) is 11.1 Å². The molecule has 3 aromatic carbocycles. The highest BCUT2D eigenvalue weighted by molar-refractivity contribution is 6.04. The minimum absolute atomic E-state index is 0.224. The molecule has 4 nitrogen and oxygen atoms in total. The zero-order chi connectivity index (χ0) is 18.4. The van der Waals surface area contributed by atoms with Gasteiger partial charge in [-0.2, -0.15) is 0 Å². The van der Waals surface area contributed by atoms with E-state index >= 15 is 0 Å². The third-order valence-electron chi connectivity index (χ3n) is 3.97. The lowest BCUT2D eigenvalue weighted by molar-refractivity contribution is 0.102. The number of hydrogen-bond donors (Lipinski definition) is 2. The maximum Gasteiger partial charge on any atom is 0.255 e. The van der Waals surface area contributed by atoms with Crippen LogP contribution in [-0.4, -0.2) is 11.0 Å². The van der Waals surface area contributed by atoms with Crippen LogP contribution >= 0.6 is 0 Å². The Labute approximate surface area is 153 Å². The molecule has 1 atom stereocenters. The van der Waals surface area contributed by atoms with Crippen LogP contribution in [0.25, 0.3) is 0 Å². The Hall–Kier alpha value is -3.11. The van der Waals surface area contributed by atoms with Crippen molar-refractivity contribution < 1.29 is 14.6 Å². The Kier molecular flexibility index (Phi) is 5.66. The summed E-state index contributed by atoms with van der Waals surface area (Å²) >= 11 is 0. The molecule has 0 aliphatic rings. The van der Waals surface area contributed by atoms with E-state index in [2.05, 4.69) is 5.32 Å². The fourth-order valence-electron chi connectivity index (χ4n) is 2.55. The van der Waals surface area contributed by atoms with Gasteiger partial charge in [-0.1, -0.05) is 48.5 Å². The molecule has 0 fully saturated rings. The van der Waals surface area contributed by atoms with Crippen LogP contribution in [0.15, 0.2) is 78.9 Å². The fraction of sp³-hybridized carbons (Fsp3) is 0.136. The maximum atomic E-state index is 12.5. The van der Waals surface area contributed by atoms with Gasteiger partial charge in [0.05, 0.1) is 6.10 Å². The lowest BCUT2D eigenvalue weighted by atomic mass is 10.1. The van der Waals surface area contributed by atoms with Gasteiger partial charge in [0.15, 0.2) is 0 Å². The minimum atomic E-state index is -0.582. The van der Waals surface area contributed by atoms with Gasteiger partial charge in [-0.15, -0.1) is 0 Å². The summed E-state index contributed by atoms with van der Waals surface area (Å²) in [6, 6.07) is 24.1. The lowest BCUT2D eigenvalue weighted by Gasteiger charge is -2.10. The number of rotatable bonds is 6. The first kappa shape index (κ1) is 17.7. The smallest absolute Gasteiger partial charge is 0.255 e. The normalized spacial score (nSPS) is 11.6. The predicted octanol–water partition coefficient (Wildman–Crippen LogP) is 4.57. The van der Waals surface area contributed by atoms with Crippen molar-refractivity contribution in [3.05, 3.63) is 95.6 Å². The summed E-state index contributed by atoms with van der Waals surface area (Å²) in [5.41, 5.74) is 2.97. The van der Waals surface area contributed by atoms with Crippen molar-refractivity contribution in [1.29, 1.82) is 0 Å². The number of anilines is 1. The van der Waals surface area contributed by atoms with Gasteiger partial charge < -0.3 is 15.2 Å². The van der Waals surface area contributed by atoms with Gasteiger partial charge in [-0.3, -0.25) is 4.79 Å². The summed E-state index contributed by atoms with van der Waals surface area (Å²) in [6.45, 7) is 2.14. The number of hydrogen-bond acceptors (Lipinski definition) is 3. The summed E-state index contributed by atoms with van der Waals surface area (Å²) in [7, 11) is 0. The van der Waals surface area contributed by atoms with Crippen molar-refractivity contribution in [2.45, 2.75) is 19.6 Å². The monoisotopic (exact) mass is 347 g/mol. The quantitative estimate of drug-likeness (QED) is 0.687. The first-order valence-electron chi connectivity index (χ1n) is 8.48. The zero-order valence-electron chi connectivity index (χ0n) is 14.6. The second-order valence-electron chi connectivity index (χ2n) is 6.06. The number of aliphatic hydroxyl groups is 1. The Morgan fingerprint density at radius 3 is 2.54 bits per heavy atom. The molecule has 0 heterocycles. The molecule has 3 aromatic rings. The number of carbonyl (C=O) groups excluding carboxylic acids is 1. The third kappa shape index (κ3) is 4.71. The van der Waals surface area contributed by atoms with E-state index < -0.39 is 6.10 Å². The summed E-state index contributed by atoms with van der Waals surface area (Å²) < 4.78 is 5.77. The number of nitrogens with one attached hydrogen (secondary N) is 1. The number of carbonyl (C=O) groups is 1. The Morgan fingerprint density at radius 2 is 1.77 bits per heavy atom.